The zero-order valence-electron chi connectivity index (χ0n) is 8.24. The van der Waals surface area contributed by atoms with Crippen LogP contribution in [0.3, 0.4) is 0 Å². The van der Waals surface area contributed by atoms with Crippen molar-refractivity contribution in [1.29, 1.82) is 0 Å². The van der Waals surface area contributed by atoms with Crippen LogP contribution in [0.1, 0.15) is 11.3 Å². The Hall–Kier alpha value is -1.84. The molecule has 0 fully saturated rings. The molecular weight excluding hydrogens is 197 g/mol. The summed E-state index contributed by atoms with van der Waals surface area (Å²) in [5, 5.41) is 3.56. The van der Waals surface area contributed by atoms with Crippen molar-refractivity contribution in [3.05, 3.63) is 47.6 Å². The van der Waals surface area contributed by atoms with E-state index in [1.54, 1.807) is 25.3 Å². The number of aryl methyl sites for hydroxylation is 1. The van der Waals surface area contributed by atoms with Crippen LogP contribution in [0.5, 0.6) is 5.75 Å². The molecule has 78 valence electrons. The number of ether oxygens (including phenoxy) is 1. The van der Waals surface area contributed by atoms with Crippen LogP contribution in [0.4, 0.5) is 4.39 Å². The maximum Gasteiger partial charge on any atom is 0.174 e. The van der Waals surface area contributed by atoms with Gasteiger partial charge in [-0.05, 0) is 30.7 Å². The number of benzene rings is 1. The molecule has 1 aromatic heterocycles. The molecule has 1 heterocycles. The van der Waals surface area contributed by atoms with E-state index in [0.29, 0.717) is 18.1 Å². The van der Waals surface area contributed by atoms with Crippen LogP contribution in [-0.4, -0.2) is 5.16 Å². The molecule has 0 spiro atoms. The molecule has 3 nitrogen and oxygen atoms in total. The molecule has 0 aliphatic rings. The molecule has 1 aromatic carbocycles. The minimum Gasteiger partial charge on any atom is -0.485 e. The summed E-state index contributed by atoms with van der Waals surface area (Å²) >= 11 is 0. The molecule has 0 saturated heterocycles. The van der Waals surface area contributed by atoms with Crippen LogP contribution < -0.4 is 4.74 Å². The number of hydrogen-bond donors (Lipinski definition) is 0. The molecular formula is C11H10FNO2. The van der Waals surface area contributed by atoms with E-state index >= 15 is 0 Å². The highest BCUT2D eigenvalue weighted by atomic mass is 19.1. The number of halogens is 1. The zero-order valence-corrected chi connectivity index (χ0v) is 8.24. The van der Waals surface area contributed by atoms with Gasteiger partial charge in [0.1, 0.15) is 18.2 Å². The first-order chi connectivity index (χ1) is 7.25. The molecule has 0 saturated carbocycles. The van der Waals surface area contributed by atoms with Crippen molar-refractivity contribution >= 4 is 0 Å². The second-order valence-corrected chi connectivity index (χ2v) is 3.18. The Kier molecular flexibility index (Phi) is 2.67. The summed E-state index contributed by atoms with van der Waals surface area (Å²) in [5.74, 6) is 1.02. The summed E-state index contributed by atoms with van der Waals surface area (Å²) in [6.45, 7) is 2.09. The van der Waals surface area contributed by atoms with E-state index in [1.165, 1.54) is 12.1 Å². The van der Waals surface area contributed by atoms with Gasteiger partial charge in [-0.3, -0.25) is 0 Å². The van der Waals surface area contributed by atoms with Crippen molar-refractivity contribution in [2.45, 2.75) is 13.5 Å². The molecule has 0 radical (unpaired) electrons. The largest absolute Gasteiger partial charge is 0.485 e. The molecule has 0 amide bonds. The second kappa shape index (κ2) is 4.13. The summed E-state index contributed by atoms with van der Waals surface area (Å²) in [5.41, 5.74) is 0.759. The minimum atomic E-state index is -0.264. The average molecular weight is 207 g/mol. The van der Waals surface area contributed by atoms with Crippen LogP contribution in [0.2, 0.25) is 0 Å². The van der Waals surface area contributed by atoms with E-state index in [1.807, 2.05) is 0 Å². The van der Waals surface area contributed by atoms with Crippen molar-refractivity contribution < 1.29 is 13.7 Å². The minimum absolute atomic E-state index is 0.264. The van der Waals surface area contributed by atoms with E-state index in [-0.39, 0.29) is 5.82 Å². The van der Waals surface area contributed by atoms with Crippen molar-refractivity contribution in [3.8, 4) is 5.75 Å². The Morgan fingerprint density at radius 2 is 2.27 bits per heavy atom. The van der Waals surface area contributed by atoms with Gasteiger partial charge in [0, 0.05) is 6.07 Å². The second-order valence-electron chi connectivity index (χ2n) is 3.18. The van der Waals surface area contributed by atoms with Gasteiger partial charge in [-0.2, -0.15) is 0 Å². The van der Waals surface area contributed by atoms with Crippen molar-refractivity contribution in [1.82, 2.24) is 5.16 Å². The summed E-state index contributed by atoms with van der Waals surface area (Å²) in [6, 6.07) is 6.11. The molecule has 0 bridgehead atoms. The average Bonchev–Trinajstić information content (AvgIpc) is 2.69. The van der Waals surface area contributed by atoms with Crippen molar-refractivity contribution in [2.24, 2.45) is 0 Å². The number of nitrogens with zero attached hydrogens (tertiary/aromatic N) is 1. The Morgan fingerprint density at radius 1 is 1.40 bits per heavy atom. The summed E-state index contributed by atoms with van der Waals surface area (Å²) in [4.78, 5) is 0. The topological polar surface area (TPSA) is 35.3 Å². The summed E-state index contributed by atoms with van der Waals surface area (Å²) in [7, 11) is 0. The number of rotatable bonds is 3. The van der Waals surface area contributed by atoms with E-state index < -0.39 is 0 Å². The molecule has 0 aliphatic heterocycles. The highest BCUT2D eigenvalue weighted by molar-refractivity contribution is 5.32. The fraction of sp³-hybridized carbons (Fsp3) is 0.182. The Morgan fingerprint density at radius 3 is 2.93 bits per heavy atom. The van der Waals surface area contributed by atoms with Gasteiger partial charge in [0.15, 0.2) is 5.76 Å². The maximum atomic E-state index is 12.8. The SMILES string of the molecule is Cc1cc(F)ccc1OCc1ccno1. The van der Waals surface area contributed by atoms with Gasteiger partial charge in [-0.25, -0.2) is 4.39 Å². The number of hydrogen-bond acceptors (Lipinski definition) is 3. The first-order valence-corrected chi connectivity index (χ1v) is 4.54. The lowest BCUT2D eigenvalue weighted by molar-refractivity contribution is 0.248. The van der Waals surface area contributed by atoms with Gasteiger partial charge in [-0.1, -0.05) is 5.16 Å². The lowest BCUT2D eigenvalue weighted by atomic mass is 10.2. The Labute approximate surface area is 86.5 Å². The van der Waals surface area contributed by atoms with Gasteiger partial charge < -0.3 is 9.26 Å². The molecule has 15 heavy (non-hydrogen) atoms. The highest BCUT2D eigenvalue weighted by Gasteiger charge is 2.03. The molecule has 0 unspecified atom stereocenters. The first-order valence-electron chi connectivity index (χ1n) is 4.54. The van der Waals surface area contributed by atoms with Crippen LogP contribution in [0.25, 0.3) is 0 Å². The third-order valence-corrected chi connectivity index (χ3v) is 2.00. The van der Waals surface area contributed by atoms with Crippen LogP contribution in [-0.2, 0) is 6.61 Å². The quantitative estimate of drug-likeness (QED) is 0.776. The van der Waals surface area contributed by atoms with Gasteiger partial charge in [0.2, 0.25) is 0 Å². The zero-order chi connectivity index (χ0) is 10.7. The van der Waals surface area contributed by atoms with Gasteiger partial charge in [-0.15, -0.1) is 0 Å². The molecule has 2 rings (SSSR count). The third-order valence-electron chi connectivity index (χ3n) is 2.00. The Bertz CT molecular complexity index is 440. The Balaban J connectivity index is 2.05. The van der Waals surface area contributed by atoms with Crippen LogP contribution in [0, 0.1) is 12.7 Å². The molecule has 0 aliphatic carbocycles. The highest BCUT2D eigenvalue weighted by Crippen LogP contribution is 2.19. The monoisotopic (exact) mass is 207 g/mol. The predicted octanol–water partition coefficient (Wildman–Crippen LogP) is 2.70. The molecule has 4 heteroatoms. The van der Waals surface area contributed by atoms with Crippen molar-refractivity contribution in [2.75, 3.05) is 0 Å². The molecule has 0 N–H and O–H groups in total. The fourth-order valence-corrected chi connectivity index (χ4v) is 1.24. The van der Waals surface area contributed by atoms with E-state index in [4.69, 9.17) is 9.26 Å². The van der Waals surface area contributed by atoms with Gasteiger partial charge >= 0.3 is 0 Å². The lowest BCUT2D eigenvalue weighted by Gasteiger charge is -2.06. The van der Waals surface area contributed by atoms with E-state index in [2.05, 4.69) is 5.16 Å². The maximum absolute atomic E-state index is 12.8. The standard InChI is InChI=1S/C11H10FNO2/c1-8-6-9(12)2-3-11(8)14-7-10-4-5-13-15-10/h2-6H,7H2,1H3. The summed E-state index contributed by atoms with van der Waals surface area (Å²) in [6.07, 6.45) is 1.55. The van der Waals surface area contributed by atoms with Crippen LogP contribution >= 0.6 is 0 Å². The fourth-order valence-electron chi connectivity index (χ4n) is 1.24. The van der Waals surface area contributed by atoms with Gasteiger partial charge in [0.25, 0.3) is 0 Å². The predicted molar refractivity (Wildman–Crippen MR) is 52.0 cm³/mol. The third kappa shape index (κ3) is 2.34. The van der Waals surface area contributed by atoms with E-state index in [9.17, 15) is 4.39 Å². The molecule has 0 atom stereocenters. The van der Waals surface area contributed by atoms with Gasteiger partial charge in [0.05, 0.1) is 6.20 Å². The van der Waals surface area contributed by atoms with Crippen molar-refractivity contribution in [3.63, 3.8) is 0 Å². The molecule has 2 aromatic rings. The smallest absolute Gasteiger partial charge is 0.174 e. The first kappa shape index (κ1) is 9.71. The normalized spacial score (nSPS) is 10.3. The summed E-state index contributed by atoms with van der Waals surface area (Å²) < 4.78 is 23.1. The van der Waals surface area contributed by atoms with Crippen LogP contribution in [0.15, 0.2) is 35.0 Å². The number of aromatic nitrogens is 1. The lowest BCUT2D eigenvalue weighted by Crippen LogP contribution is -1.95. The van der Waals surface area contributed by atoms with E-state index in [0.717, 1.165) is 5.56 Å².